The summed E-state index contributed by atoms with van der Waals surface area (Å²) in [6, 6.07) is 0. The number of nitrogens with two attached hydrogens (primary N) is 1. The molecule has 6 nitrogen and oxygen atoms in total. The van der Waals surface area contributed by atoms with E-state index in [1.54, 1.807) is 12.5 Å². The summed E-state index contributed by atoms with van der Waals surface area (Å²) < 4.78 is 7.07. The molecule has 0 aromatic carbocycles. The van der Waals surface area contributed by atoms with Crippen molar-refractivity contribution in [3.05, 3.63) is 12.5 Å². The number of anilines is 1. The van der Waals surface area contributed by atoms with E-state index in [9.17, 15) is 0 Å². The van der Waals surface area contributed by atoms with Crippen molar-refractivity contribution >= 4 is 17.1 Å². The summed E-state index contributed by atoms with van der Waals surface area (Å²) in [7, 11) is 0. The summed E-state index contributed by atoms with van der Waals surface area (Å²) in [5.74, 6) is 0.274. The zero-order valence-corrected chi connectivity index (χ0v) is 7.42. The molecule has 0 saturated carbocycles. The van der Waals surface area contributed by atoms with Crippen molar-refractivity contribution < 1.29 is 4.74 Å². The molecular formula is C8H9N5O. The lowest BCUT2D eigenvalue weighted by Crippen LogP contribution is -2.04. The molecule has 0 bridgehead atoms. The second kappa shape index (κ2) is 2.65. The zero-order valence-electron chi connectivity index (χ0n) is 7.42. The Balaban J connectivity index is 2.08. The highest BCUT2D eigenvalue weighted by Crippen LogP contribution is 2.16. The fourth-order valence-corrected chi connectivity index (χ4v) is 1.40. The van der Waals surface area contributed by atoms with Crippen LogP contribution in [0, 0.1) is 0 Å². The Morgan fingerprint density at radius 1 is 1.57 bits per heavy atom. The lowest BCUT2D eigenvalue weighted by molar-refractivity contribution is 0.384. The zero-order chi connectivity index (χ0) is 9.54. The summed E-state index contributed by atoms with van der Waals surface area (Å²) in [4.78, 5) is 12.2. The maximum atomic E-state index is 5.50. The Labute approximate surface area is 79.7 Å². The van der Waals surface area contributed by atoms with Gasteiger partial charge in [0, 0.05) is 0 Å². The molecule has 0 aliphatic carbocycles. The number of ether oxygens (including phenoxy) is 1. The molecular weight excluding hydrogens is 182 g/mol. The average molecular weight is 191 g/mol. The standard InChI is InChI=1S/C8H9N5O/c9-8-10-1-6-7(12-8)13(4-11-6)2-5-3-14-5/h1,4-5H,2-3H2,(H2,9,10,12)/t5-/m0/s1. The lowest BCUT2D eigenvalue weighted by Gasteiger charge is -1.99. The number of rotatable bonds is 2. The van der Waals surface area contributed by atoms with Gasteiger partial charge in [-0.25, -0.2) is 9.97 Å². The second-order valence-corrected chi connectivity index (χ2v) is 3.29. The van der Waals surface area contributed by atoms with Crippen LogP contribution >= 0.6 is 0 Å². The van der Waals surface area contributed by atoms with Crippen LogP contribution in [-0.2, 0) is 11.3 Å². The van der Waals surface area contributed by atoms with Crippen LogP contribution in [0.1, 0.15) is 0 Å². The van der Waals surface area contributed by atoms with Crippen molar-refractivity contribution in [2.75, 3.05) is 12.3 Å². The molecule has 1 atom stereocenters. The van der Waals surface area contributed by atoms with Crippen LogP contribution in [0.3, 0.4) is 0 Å². The monoisotopic (exact) mass is 191 g/mol. The van der Waals surface area contributed by atoms with Crippen molar-refractivity contribution in [2.24, 2.45) is 0 Å². The van der Waals surface area contributed by atoms with Gasteiger partial charge in [0.05, 0.1) is 31.8 Å². The Morgan fingerprint density at radius 3 is 3.21 bits per heavy atom. The van der Waals surface area contributed by atoms with E-state index in [1.165, 1.54) is 0 Å². The molecule has 1 fully saturated rings. The van der Waals surface area contributed by atoms with Crippen molar-refractivity contribution in [1.82, 2.24) is 19.5 Å². The van der Waals surface area contributed by atoms with Crippen LogP contribution < -0.4 is 5.73 Å². The van der Waals surface area contributed by atoms with Gasteiger partial charge in [-0.3, -0.25) is 0 Å². The molecule has 1 saturated heterocycles. The van der Waals surface area contributed by atoms with Gasteiger partial charge in [0.1, 0.15) is 5.52 Å². The van der Waals surface area contributed by atoms with E-state index in [4.69, 9.17) is 10.5 Å². The number of nitrogens with zero attached hydrogens (tertiary/aromatic N) is 4. The topological polar surface area (TPSA) is 82.1 Å². The van der Waals surface area contributed by atoms with E-state index in [2.05, 4.69) is 15.0 Å². The van der Waals surface area contributed by atoms with E-state index in [0.29, 0.717) is 6.10 Å². The minimum atomic E-state index is 0.274. The van der Waals surface area contributed by atoms with Gasteiger partial charge in [-0.15, -0.1) is 0 Å². The van der Waals surface area contributed by atoms with Crippen LogP contribution in [0.2, 0.25) is 0 Å². The molecule has 2 aromatic rings. The third kappa shape index (κ3) is 1.20. The molecule has 0 spiro atoms. The van der Waals surface area contributed by atoms with E-state index >= 15 is 0 Å². The molecule has 3 rings (SSSR count). The van der Waals surface area contributed by atoms with Gasteiger partial charge < -0.3 is 15.0 Å². The van der Waals surface area contributed by atoms with Gasteiger partial charge in [0.15, 0.2) is 5.65 Å². The quantitative estimate of drug-likeness (QED) is 0.665. The van der Waals surface area contributed by atoms with Crippen molar-refractivity contribution in [3.63, 3.8) is 0 Å². The van der Waals surface area contributed by atoms with Gasteiger partial charge >= 0.3 is 0 Å². The second-order valence-electron chi connectivity index (χ2n) is 3.29. The summed E-state index contributed by atoms with van der Waals surface area (Å²) in [6.07, 6.45) is 3.67. The first-order valence-electron chi connectivity index (χ1n) is 4.38. The molecule has 2 aromatic heterocycles. The number of epoxide rings is 1. The molecule has 3 heterocycles. The summed E-state index contributed by atoms with van der Waals surface area (Å²) in [5, 5.41) is 0. The van der Waals surface area contributed by atoms with Crippen molar-refractivity contribution in [3.8, 4) is 0 Å². The summed E-state index contributed by atoms with van der Waals surface area (Å²) >= 11 is 0. The van der Waals surface area contributed by atoms with Gasteiger partial charge in [-0.05, 0) is 0 Å². The molecule has 6 heteroatoms. The first-order chi connectivity index (χ1) is 6.83. The maximum Gasteiger partial charge on any atom is 0.222 e. The SMILES string of the molecule is Nc1ncc2ncn(C[C@H]3CO3)c2n1. The van der Waals surface area contributed by atoms with E-state index in [-0.39, 0.29) is 5.95 Å². The van der Waals surface area contributed by atoms with Crippen LogP contribution in [0.25, 0.3) is 11.2 Å². The lowest BCUT2D eigenvalue weighted by atomic mass is 10.4. The molecule has 2 N–H and O–H groups in total. The first-order valence-corrected chi connectivity index (χ1v) is 4.38. The highest BCUT2D eigenvalue weighted by atomic mass is 16.6. The minimum Gasteiger partial charge on any atom is -0.371 e. The van der Waals surface area contributed by atoms with Crippen LogP contribution in [0.15, 0.2) is 12.5 Å². The van der Waals surface area contributed by atoms with Crippen LogP contribution in [-0.4, -0.2) is 32.2 Å². The fourth-order valence-electron chi connectivity index (χ4n) is 1.40. The Bertz CT molecular complexity index is 476. The summed E-state index contributed by atoms with van der Waals surface area (Å²) in [6.45, 7) is 1.60. The number of hydrogen-bond donors (Lipinski definition) is 1. The van der Waals surface area contributed by atoms with E-state index in [0.717, 1.165) is 24.3 Å². The number of nitrogen functional groups attached to an aromatic ring is 1. The van der Waals surface area contributed by atoms with Crippen LogP contribution in [0.4, 0.5) is 5.95 Å². The number of aromatic nitrogens is 4. The number of hydrogen-bond acceptors (Lipinski definition) is 5. The molecule has 0 unspecified atom stereocenters. The average Bonchev–Trinajstić information content (AvgIpc) is 2.90. The first kappa shape index (κ1) is 7.69. The van der Waals surface area contributed by atoms with E-state index in [1.807, 2.05) is 4.57 Å². The molecule has 0 radical (unpaired) electrons. The summed E-state index contributed by atoms with van der Waals surface area (Å²) in [5.41, 5.74) is 7.04. The number of imidazole rings is 1. The highest BCUT2D eigenvalue weighted by Gasteiger charge is 2.23. The predicted octanol–water partition coefficient (Wildman–Crippen LogP) is -0.193. The molecule has 1 aliphatic heterocycles. The van der Waals surface area contributed by atoms with Gasteiger partial charge in [-0.1, -0.05) is 0 Å². The third-order valence-electron chi connectivity index (χ3n) is 2.18. The van der Waals surface area contributed by atoms with Gasteiger partial charge in [-0.2, -0.15) is 4.98 Å². The van der Waals surface area contributed by atoms with E-state index < -0.39 is 0 Å². The van der Waals surface area contributed by atoms with Crippen molar-refractivity contribution in [1.29, 1.82) is 0 Å². The van der Waals surface area contributed by atoms with Crippen LogP contribution in [0.5, 0.6) is 0 Å². The normalized spacial score (nSPS) is 20.1. The Hall–Kier alpha value is -1.69. The smallest absolute Gasteiger partial charge is 0.222 e. The Morgan fingerprint density at radius 2 is 2.43 bits per heavy atom. The largest absolute Gasteiger partial charge is 0.371 e. The predicted molar refractivity (Wildman–Crippen MR) is 49.5 cm³/mol. The Kier molecular flexibility index (Phi) is 1.45. The molecule has 0 amide bonds. The minimum absolute atomic E-state index is 0.274. The molecule has 14 heavy (non-hydrogen) atoms. The van der Waals surface area contributed by atoms with Gasteiger partial charge in [0.25, 0.3) is 0 Å². The maximum absolute atomic E-state index is 5.50. The molecule has 72 valence electrons. The highest BCUT2D eigenvalue weighted by molar-refractivity contribution is 5.70. The van der Waals surface area contributed by atoms with Crippen molar-refractivity contribution in [2.45, 2.75) is 12.6 Å². The molecule has 1 aliphatic rings. The third-order valence-corrected chi connectivity index (χ3v) is 2.18. The fraction of sp³-hybridized carbons (Fsp3) is 0.375. The van der Waals surface area contributed by atoms with Gasteiger partial charge in [0.2, 0.25) is 5.95 Å². The number of fused-ring (bicyclic) bond motifs is 1.